The molecular formula is C16H24ClNO3. The first-order valence-corrected chi connectivity index (χ1v) is 7.91. The van der Waals surface area contributed by atoms with Gasteiger partial charge in [-0.15, -0.1) is 0 Å². The third-order valence-electron chi connectivity index (χ3n) is 3.75. The molecule has 1 aromatic carbocycles. The summed E-state index contributed by atoms with van der Waals surface area (Å²) in [6.07, 6.45) is 3.57. The number of aromatic hydroxyl groups is 1. The summed E-state index contributed by atoms with van der Waals surface area (Å²) in [5.41, 5.74) is 0.801. The van der Waals surface area contributed by atoms with Crippen LogP contribution in [0, 0.1) is 0 Å². The molecule has 2 rings (SSSR count). The van der Waals surface area contributed by atoms with Crippen molar-refractivity contribution in [3.05, 3.63) is 22.7 Å². The van der Waals surface area contributed by atoms with Gasteiger partial charge in [-0.1, -0.05) is 18.5 Å². The standard InChI is InChI=1S/C16H24ClNO3/c1-3-7-21-14-5-4-6-18(11-14)10-12-8-13(17)9-15(20-2)16(12)19/h8-9,14,19H,3-7,10-11H2,1-2H3. The van der Waals surface area contributed by atoms with Gasteiger partial charge in [0.15, 0.2) is 11.5 Å². The molecule has 0 saturated carbocycles. The zero-order valence-corrected chi connectivity index (χ0v) is 13.5. The third kappa shape index (κ3) is 4.50. The van der Waals surface area contributed by atoms with Crippen LogP contribution in [0.1, 0.15) is 31.7 Å². The molecule has 1 saturated heterocycles. The Morgan fingerprint density at radius 3 is 2.95 bits per heavy atom. The van der Waals surface area contributed by atoms with Gasteiger partial charge in [-0.2, -0.15) is 0 Å². The number of methoxy groups -OCH3 is 1. The maximum atomic E-state index is 10.2. The lowest BCUT2D eigenvalue weighted by Gasteiger charge is -2.32. The quantitative estimate of drug-likeness (QED) is 0.873. The van der Waals surface area contributed by atoms with Gasteiger partial charge in [0.1, 0.15) is 0 Å². The smallest absolute Gasteiger partial charge is 0.162 e. The molecule has 1 unspecified atom stereocenters. The van der Waals surface area contributed by atoms with Gasteiger partial charge < -0.3 is 14.6 Å². The van der Waals surface area contributed by atoms with Crippen molar-refractivity contribution in [1.82, 2.24) is 4.90 Å². The lowest BCUT2D eigenvalue weighted by Crippen LogP contribution is -2.39. The molecule has 0 spiro atoms. The number of phenols is 1. The Hall–Kier alpha value is -0.970. The minimum atomic E-state index is 0.179. The number of hydrogen-bond donors (Lipinski definition) is 1. The summed E-state index contributed by atoms with van der Waals surface area (Å²) in [6.45, 7) is 5.51. The molecule has 0 bridgehead atoms. The van der Waals surface area contributed by atoms with Gasteiger partial charge in [-0.05, 0) is 31.9 Å². The Bertz CT molecular complexity index is 467. The predicted octanol–water partition coefficient (Wildman–Crippen LogP) is 3.45. The summed E-state index contributed by atoms with van der Waals surface area (Å²) >= 11 is 6.08. The maximum Gasteiger partial charge on any atom is 0.162 e. The Balaban J connectivity index is 2.02. The molecule has 5 heteroatoms. The molecule has 1 heterocycles. The van der Waals surface area contributed by atoms with E-state index in [1.807, 2.05) is 0 Å². The van der Waals surface area contributed by atoms with Crippen LogP contribution in [0.15, 0.2) is 12.1 Å². The van der Waals surface area contributed by atoms with E-state index in [2.05, 4.69) is 11.8 Å². The van der Waals surface area contributed by atoms with Crippen molar-refractivity contribution in [1.29, 1.82) is 0 Å². The lowest BCUT2D eigenvalue weighted by atomic mass is 10.1. The van der Waals surface area contributed by atoms with E-state index in [-0.39, 0.29) is 5.75 Å². The highest BCUT2D eigenvalue weighted by Crippen LogP contribution is 2.34. The fourth-order valence-electron chi connectivity index (χ4n) is 2.72. The first kappa shape index (κ1) is 16.4. The minimum Gasteiger partial charge on any atom is -0.504 e. The van der Waals surface area contributed by atoms with Crippen LogP contribution in [0.5, 0.6) is 11.5 Å². The van der Waals surface area contributed by atoms with Crippen LogP contribution < -0.4 is 4.74 Å². The topological polar surface area (TPSA) is 41.9 Å². The number of halogens is 1. The van der Waals surface area contributed by atoms with Crippen LogP contribution >= 0.6 is 11.6 Å². The van der Waals surface area contributed by atoms with Gasteiger partial charge in [0.05, 0.1) is 13.2 Å². The van der Waals surface area contributed by atoms with Crippen LogP contribution in [-0.4, -0.2) is 42.9 Å². The van der Waals surface area contributed by atoms with Crippen LogP contribution in [0.3, 0.4) is 0 Å². The maximum absolute atomic E-state index is 10.2. The summed E-state index contributed by atoms with van der Waals surface area (Å²) in [5, 5.41) is 10.8. The second-order valence-electron chi connectivity index (χ2n) is 5.49. The molecule has 0 aliphatic carbocycles. The summed E-state index contributed by atoms with van der Waals surface area (Å²) in [7, 11) is 1.53. The highest BCUT2D eigenvalue weighted by atomic mass is 35.5. The van der Waals surface area contributed by atoms with Crippen LogP contribution in [0.4, 0.5) is 0 Å². The summed E-state index contributed by atoms with van der Waals surface area (Å²) in [5.74, 6) is 0.604. The fourth-order valence-corrected chi connectivity index (χ4v) is 2.95. The van der Waals surface area contributed by atoms with Gasteiger partial charge >= 0.3 is 0 Å². The predicted molar refractivity (Wildman–Crippen MR) is 84.2 cm³/mol. The second-order valence-corrected chi connectivity index (χ2v) is 5.92. The van der Waals surface area contributed by atoms with Crippen LogP contribution in [0.2, 0.25) is 5.02 Å². The largest absolute Gasteiger partial charge is 0.504 e. The van der Waals surface area contributed by atoms with Crippen molar-refractivity contribution >= 4 is 11.6 Å². The van der Waals surface area contributed by atoms with Crippen molar-refractivity contribution in [2.45, 2.75) is 38.8 Å². The Kier molecular flexibility index (Phi) is 6.15. The van der Waals surface area contributed by atoms with Crippen LogP contribution in [-0.2, 0) is 11.3 Å². The minimum absolute atomic E-state index is 0.179. The van der Waals surface area contributed by atoms with E-state index < -0.39 is 0 Å². The van der Waals surface area contributed by atoms with Crippen molar-refractivity contribution < 1.29 is 14.6 Å². The first-order valence-electron chi connectivity index (χ1n) is 7.53. The van der Waals surface area contributed by atoms with Gasteiger partial charge in [0.2, 0.25) is 0 Å². The van der Waals surface area contributed by atoms with E-state index in [0.717, 1.165) is 44.5 Å². The molecule has 1 aromatic rings. The zero-order chi connectivity index (χ0) is 15.2. The van der Waals surface area contributed by atoms with Gasteiger partial charge in [0.25, 0.3) is 0 Å². The molecule has 1 fully saturated rings. The Morgan fingerprint density at radius 2 is 2.24 bits per heavy atom. The van der Waals surface area contributed by atoms with Crippen molar-refractivity contribution in [2.75, 3.05) is 26.8 Å². The molecule has 1 aliphatic heterocycles. The first-order chi connectivity index (χ1) is 10.1. The van der Waals surface area contributed by atoms with Crippen molar-refractivity contribution in [2.24, 2.45) is 0 Å². The number of rotatable bonds is 6. The zero-order valence-electron chi connectivity index (χ0n) is 12.8. The average molecular weight is 314 g/mol. The molecule has 1 aliphatic rings. The molecule has 1 atom stereocenters. The Morgan fingerprint density at radius 1 is 1.43 bits per heavy atom. The van der Waals surface area contributed by atoms with E-state index in [9.17, 15) is 5.11 Å². The molecule has 118 valence electrons. The van der Waals surface area contributed by atoms with E-state index in [4.69, 9.17) is 21.1 Å². The molecule has 0 radical (unpaired) electrons. The molecule has 1 N–H and O–H groups in total. The van der Waals surface area contributed by atoms with E-state index in [1.54, 1.807) is 12.1 Å². The molecular weight excluding hydrogens is 290 g/mol. The van der Waals surface area contributed by atoms with E-state index in [1.165, 1.54) is 7.11 Å². The lowest BCUT2D eigenvalue weighted by molar-refractivity contribution is -0.00240. The summed E-state index contributed by atoms with van der Waals surface area (Å²) in [4.78, 5) is 2.30. The van der Waals surface area contributed by atoms with E-state index in [0.29, 0.717) is 23.4 Å². The van der Waals surface area contributed by atoms with Gasteiger partial charge in [-0.3, -0.25) is 4.90 Å². The fraction of sp³-hybridized carbons (Fsp3) is 0.625. The number of ether oxygens (including phenoxy) is 2. The molecule has 4 nitrogen and oxygen atoms in total. The number of nitrogens with zero attached hydrogens (tertiary/aromatic N) is 1. The summed E-state index contributed by atoms with van der Waals surface area (Å²) < 4.78 is 11.0. The SMILES string of the molecule is CCCOC1CCCN(Cc2cc(Cl)cc(OC)c2O)C1. The Labute approximate surface area is 131 Å². The third-order valence-corrected chi connectivity index (χ3v) is 3.97. The van der Waals surface area contributed by atoms with E-state index >= 15 is 0 Å². The van der Waals surface area contributed by atoms with Crippen molar-refractivity contribution in [3.8, 4) is 11.5 Å². The molecule has 0 amide bonds. The molecule has 21 heavy (non-hydrogen) atoms. The number of likely N-dealkylation sites (tertiary alicyclic amines) is 1. The number of piperidine rings is 1. The number of phenolic OH excluding ortho intramolecular Hbond substituents is 1. The molecule has 0 aromatic heterocycles. The number of benzene rings is 1. The second kappa shape index (κ2) is 7.87. The highest BCUT2D eigenvalue weighted by molar-refractivity contribution is 6.30. The summed E-state index contributed by atoms with van der Waals surface area (Å²) in [6, 6.07) is 3.43. The monoisotopic (exact) mass is 313 g/mol. The highest BCUT2D eigenvalue weighted by Gasteiger charge is 2.22. The van der Waals surface area contributed by atoms with Gasteiger partial charge in [-0.25, -0.2) is 0 Å². The van der Waals surface area contributed by atoms with Gasteiger partial charge in [0, 0.05) is 36.3 Å². The normalized spacial score (nSPS) is 19.7. The number of hydrogen-bond acceptors (Lipinski definition) is 4. The van der Waals surface area contributed by atoms with Crippen molar-refractivity contribution in [3.63, 3.8) is 0 Å². The average Bonchev–Trinajstić information content (AvgIpc) is 2.49. The van der Waals surface area contributed by atoms with Crippen LogP contribution in [0.25, 0.3) is 0 Å².